The number of hydrogen-bond donors (Lipinski definition) is 0. The lowest BCUT2D eigenvalue weighted by atomic mass is 10.1. The van der Waals surface area contributed by atoms with Crippen molar-refractivity contribution in [3.05, 3.63) is 0 Å². The highest BCUT2D eigenvalue weighted by atomic mass is 16.6. The summed E-state index contributed by atoms with van der Waals surface area (Å²) in [6, 6.07) is 0. The van der Waals surface area contributed by atoms with Gasteiger partial charge in [-0.15, -0.1) is 0 Å². The van der Waals surface area contributed by atoms with Crippen molar-refractivity contribution in [3.8, 4) is 0 Å². The Morgan fingerprint density at radius 3 is 2.20 bits per heavy atom. The van der Waals surface area contributed by atoms with Crippen LogP contribution in [0.1, 0.15) is 40.5 Å². The van der Waals surface area contributed by atoms with Crippen LogP contribution >= 0.6 is 0 Å². The van der Waals surface area contributed by atoms with E-state index < -0.39 is 0 Å². The molecule has 0 N–H and O–H groups in total. The van der Waals surface area contributed by atoms with E-state index in [1.165, 1.54) is 0 Å². The molecule has 0 radical (unpaired) electrons. The second-order valence-electron chi connectivity index (χ2n) is 4.61. The van der Waals surface area contributed by atoms with Crippen LogP contribution in [-0.2, 0) is 14.3 Å². The van der Waals surface area contributed by atoms with Gasteiger partial charge in [-0.05, 0) is 18.3 Å². The Morgan fingerprint density at radius 2 is 1.67 bits per heavy atom. The Morgan fingerprint density at radius 1 is 1.00 bits per heavy atom. The minimum Gasteiger partial charge on any atom is -0.463 e. The fourth-order valence-electron chi connectivity index (χ4n) is 1.03. The van der Waals surface area contributed by atoms with E-state index in [2.05, 4.69) is 13.8 Å². The summed E-state index contributed by atoms with van der Waals surface area (Å²) in [7, 11) is 0. The maximum absolute atomic E-state index is 11.1. The summed E-state index contributed by atoms with van der Waals surface area (Å²) >= 11 is 0. The Hall–Kier alpha value is -0.570. The predicted molar refractivity (Wildman–Crippen MR) is 60.7 cm³/mol. The molecule has 15 heavy (non-hydrogen) atoms. The summed E-state index contributed by atoms with van der Waals surface area (Å²) in [6.07, 6.45) is 1.55. The van der Waals surface area contributed by atoms with Crippen molar-refractivity contribution in [3.63, 3.8) is 0 Å². The van der Waals surface area contributed by atoms with Crippen LogP contribution in [0.5, 0.6) is 0 Å². The van der Waals surface area contributed by atoms with Gasteiger partial charge in [-0.2, -0.15) is 0 Å². The lowest BCUT2D eigenvalue weighted by Crippen LogP contribution is -2.13. The fraction of sp³-hybridized carbons (Fsp3) is 0.917. The monoisotopic (exact) mass is 216 g/mol. The highest BCUT2D eigenvalue weighted by Crippen LogP contribution is 2.01. The molecule has 0 spiro atoms. The first-order valence-electron chi connectivity index (χ1n) is 5.75. The van der Waals surface area contributed by atoms with Gasteiger partial charge in [-0.1, -0.05) is 27.7 Å². The van der Waals surface area contributed by atoms with Gasteiger partial charge in [0.2, 0.25) is 0 Å². The first-order valence-corrected chi connectivity index (χ1v) is 5.75. The van der Waals surface area contributed by atoms with Crippen LogP contribution < -0.4 is 0 Å². The SMILES string of the molecule is CC(C)CCOCCOC(=O)CC(C)C. The topological polar surface area (TPSA) is 35.5 Å². The molecule has 0 saturated carbocycles. The van der Waals surface area contributed by atoms with Crippen LogP contribution in [0.4, 0.5) is 0 Å². The fourth-order valence-corrected chi connectivity index (χ4v) is 1.03. The number of carbonyl (C=O) groups is 1. The normalized spacial score (nSPS) is 11.1. The summed E-state index contributed by atoms with van der Waals surface area (Å²) < 4.78 is 10.3. The van der Waals surface area contributed by atoms with Crippen LogP contribution in [0.15, 0.2) is 0 Å². The summed E-state index contributed by atoms with van der Waals surface area (Å²) in [4.78, 5) is 11.1. The minimum absolute atomic E-state index is 0.127. The molecule has 0 atom stereocenters. The molecule has 0 amide bonds. The van der Waals surface area contributed by atoms with Crippen LogP contribution in [0, 0.1) is 11.8 Å². The third kappa shape index (κ3) is 11.4. The van der Waals surface area contributed by atoms with Crippen LogP contribution in [-0.4, -0.2) is 25.8 Å². The van der Waals surface area contributed by atoms with E-state index in [1.807, 2.05) is 13.8 Å². The number of esters is 1. The number of hydrogen-bond acceptors (Lipinski definition) is 3. The van der Waals surface area contributed by atoms with E-state index in [0.29, 0.717) is 31.5 Å². The van der Waals surface area contributed by atoms with E-state index in [0.717, 1.165) is 13.0 Å². The van der Waals surface area contributed by atoms with E-state index in [4.69, 9.17) is 9.47 Å². The molecule has 3 heteroatoms. The molecule has 3 nitrogen and oxygen atoms in total. The molecule has 0 aromatic rings. The zero-order valence-electron chi connectivity index (χ0n) is 10.4. The zero-order chi connectivity index (χ0) is 11.7. The second kappa shape index (κ2) is 8.72. The molecule has 0 aromatic heterocycles. The molecule has 0 saturated heterocycles. The molecule has 0 fully saturated rings. The lowest BCUT2D eigenvalue weighted by molar-refractivity contribution is -0.146. The zero-order valence-corrected chi connectivity index (χ0v) is 10.4. The van der Waals surface area contributed by atoms with Gasteiger partial charge in [0.1, 0.15) is 6.61 Å². The molecular weight excluding hydrogens is 192 g/mol. The van der Waals surface area contributed by atoms with Crippen LogP contribution in [0.3, 0.4) is 0 Å². The quantitative estimate of drug-likeness (QED) is 0.462. The van der Waals surface area contributed by atoms with Crippen molar-refractivity contribution in [1.82, 2.24) is 0 Å². The average Bonchev–Trinajstić information content (AvgIpc) is 2.09. The number of ether oxygens (including phenoxy) is 2. The lowest BCUT2D eigenvalue weighted by Gasteiger charge is -2.08. The third-order valence-corrected chi connectivity index (χ3v) is 1.91. The highest BCUT2D eigenvalue weighted by Gasteiger charge is 2.05. The number of carbonyl (C=O) groups excluding carboxylic acids is 1. The average molecular weight is 216 g/mol. The van der Waals surface area contributed by atoms with Gasteiger partial charge >= 0.3 is 5.97 Å². The van der Waals surface area contributed by atoms with Gasteiger partial charge < -0.3 is 9.47 Å². The van der Waals surface area contributed by atoms with Gasteiger partial charge in [-0.25, -0.2) is 0 Å². The summed E-state index contributed by atoms with van der Waals surface area (Å²) in [5.41, 5.74) is 0. The molecule has 0 aliphatic carbocycles. The van der Waals surface area contributed by atoms with Crippen molar-refractivity contribution >= 4 is 5.97 Å². The first kappa shape index (κ1) is 14.4. The highest BCUT2D eigenvalue weighted by molar-refractivity contribution is 5.69. The third-order valence-electron chi connectivity index (χ3n) is 1.91. The predicted octanol–water partition coefficient (Wildman–Crippen LogP) is 2.64. The van der Waals surface area contributed by atoms with E-state index >= 15 is 0 Å². The van der Waals surface area contributed by atoms with E-state index in [1.54, 1.807) is 0 Å². The van der Waals surface area contributed by atoms with Crippen molar-refractivity contribution in [1.29, 1.82) is 0 Å². The molecule has 0 heterocycles. The Balaban J connectivity index is 3.20. The molecule has 0 bridgehead atoms. The molecule has 0 unspecified atom stereocenters. The van der Waals surface area contributed by atoms with Crippen molar-refractivity contribution in [2.45, 2.75) is 40.5 Å². The Labute approximate surface area is 93.1 Å². The van der Waals surface area contributed by atoms with Gasteiger partial charge in [0, 0.05) is 13.0 Å². The second-order valence-corrected chi connectivity index (χ2v) is 4.61. The Bertz CT molecular complexity index is 164. The standard InChI is InChI=1S/C12H24O3/c1-10(2)5-6-14-7-8-15-12(13)9-11(3)4/h10-11H,5-9H2,1-4H3. The molecular formula is C12H24O3. The van der Waals surface area contributed by atoms with Crippen molar-refractivity contribution in [2.75, 3.05) is 19.8 Å². The van der Waals surface area contributed by atoms with Crippen LogP contribution in [0.2, 0.25) is 0 Å². The van der Waals surface area contributed by atoms with E-state index in [-0.39, 0.29) is 5.97 Å². The van der Waals surface area contributed by atoms with Gasteiger partial charge in [0.25, 0.3) is 0 Å². The largest absolute Gasteiger partial charge is 0.463 e. The first-order chi connectivity index (χ1) is 7.02. The van der Waals surface area contributed by atoms with Gasteiger partial charge in [0.15, 0.2) is 0 Å². The maximum atomic E-state index is 11.1. The molecule has 0 aliphatic heterocycles. The molecule has 0 rings (SSSR count). The molecule has 0 aromatic carbocycles. The van der Waals surface area contributed by atoms with Gasteiger partial charge in [0.05, 0.1) is 6.61 Å². The molecule has 0 aliphatic rings. The smallest absolute Gasteiger partial charge is 0.306 e. The Kier molecular flexibility index (Phi) is 8.38. The number of rotatable bonds is 8. The summed E-state index contributed by atoms with van der Waals surface area (Å²) in [5.74, 6) is 0.894. The summed E-state index contributed by atoms with van der Waals surface area (Å²) in [6.45, 7) is 9.96. The van der Waals surface area contributed by atoms with Crippen molar-refractivity contribution < 1.29 is 14.3 Å². The van der Waals surface area contributed by atoms with Crippen LogP contribution in [0.25, 0.3) is 0 Å². The van der Waals surface area contributed by atoms with E-state index in [9.17, 15) is 4.79 Å². The minimum atomic E-state index is -0.127. The maximum Gasteiger partial charge on any atom is 0.306 e. The molecule has 90 valence electrons. The summed E-state index contributed by atoms with van der Waals surface area (Å²) in [5, 5.41) is 0. The van der Waals surface area contributed by atoms with Gasteiger partial charge in [-0.3, -0.25) is 4.79 Å². The van der Waals surface area contributed by atoms with Crippen molar-refractivity contribution in [2.24, 2.45) is 11.8 Å².